The van der Waals surface area contributed by atoms with Crippen LogP contribution in [0.4, 0.5) is 0 Å². The van der Waals surface area contributed by atoms with Crippen molar-refractivity contribution >= 4 is 31.5 Å². The summed E-state index contributed by atoms with van der Waals surface area (Å²) in [6.45, 7) is 1.41. The Hall–Kier alpha value is -6.23. The zero-order chi connectivity index (χ0) is 46.5. The predicted molar refractivity (Wildman–Crippen MR) is 210 cm³/mol. The molecule has 9 aromatic rings. The largest absolute Gasteiger partial charge is 0.208 e. The molecule has 2 heterocycles. The molecule has 0 saturated heterocycles. The molecule has 0 N–H and O–H groups in total. The topological polar surface area (TPSA) is 38.7 Å². The van der Waals surface area contributed by atoms with Gasteiger partial charge in [-0.1, -0.05) is 163 Å². The van der Waals surface area contributed by atoms with Gasteiger partial charge in [0.2, 0.25) is 0 Å². The fourth-order valence-electron chi connectivity index (χ4n) is 5.71. The van der Waals surface area contributed by atoms with Gasteiger partial charge in [0, 0.05) is 36.9 Å². The maximum absolute atomic E-state index is 9.28. The Morgan fingerprint density at radius 2 is 0.960 bits per heavy atom. The number of rotatable bonds is 6. The molecule has 0 bridgehead atoms. The van der Waals surface area contributed by atoms with Crippen LogP contribution in [-0.2, 0) is 0 Å². The minimum atomic E-state index is -0.717. The minimum absolute atomic E-state index is 0.0145. The lowest BCUT2D eigenvalue weighted by Crippen LogP contribution is -2.00. The molecule has 7 aromatic carbocycles. The average molecular weight is 673 g/mol. The fraction of sp³-hybridized carbons (Fsp3) is 0.0217. The van der Waals surface area contributed by atoms with Gasteiger partial charge in [0.1, 0.15) is 0 Å². The van der Waals surface area contributed by atoms with Crippen LogP contribution < -0.4 is 0 Å². The van der Waals surface area contributed by atoms with Crippen LogP contribution in [0.2, 0.25) is 0 Å². The highest BCUT2D eigenvalue weighted by molar-refractivity contribution is 7.26. The van der Waals surface area contributed by atoms with E-state index in [1.54, 1.807) is 12.1 Å². The van der Waals surface area contributed by atoms with Crippen LogP contribution in [0.1, 0.15) is 26.1 Å². The van der Waals surface area contributed by atoms with Gasteiger partial charge in [-0.05, 0) is 52.4 Å². The molecule has 9 rings (SSSR count). The Balaban J connectivity index is 1.34. The molecule has 0 radical (unpaired) electrons. The molecule has 3 nitrogen and oxygen atoms in total. The van der Waals surface area contributed by atoms with Gasteiger partial charge < -0.3 is 0 Å². The summed E-state index contributed by atoms with van der Waals surface area (Å²) in [5.41, 5.74) is 3.44. The molecule has 0 unspecified atom stereocenters. The Labute approximate surface area is 316 Å². The highest BCUT2D eigenvalue weighted by Gasteiger charge is 2.18. The first kappa shape index (κ1) is 18.0. The molecule has 0 amide bonds. The molecule has 0 aliphatic heterocycles. The summed E-state index contributed by atoms with van der Waals surface area (Å²) in [5, 5.41) is 0.0518. The molecule has 2 aromatic heterocycles. The molecule has 0 aliphatic carbocycles. The third kappa shape index (κ3) is 5.56. The lowest BCUT2D eigenvalue weighted by Gasteiger charge is -2.09. The van der Waals surface area contributed by atoms with E-state index >= 15 is 0 Å². The summed E-state index contributed by atoms with van der Waals surface area (Å²) in [7, 11) is 0. The van der Waals surface area contributed by atoms with Crippen LogP contribution in [-0.4, -0.2) is 15.0 Å². The van der Waals surface area contributed by atoms with E-state index < -0.39 is 113 Å². The first-order chi connectivity index (χ1) is 30.9. The third-order valence-corrected chi connectivity index (χ3v) is 9.37. The van der Waals surface area contributed by atoms with Gasteiger partial charge in [-0.15, -0.1) is 11.3 Å². The van der Waals surface area contributed by atoms with Crippen molar-refractivity contribution in [1.82, 2.24) is 15.0 Å². The second-order valence-electron chi connectivity index (χ2n) is 11.3. The zero-order valence-corrected chi connectivity index (χ0v) is 27.1. The highest BCUT2D eigenvalue weighted by atomic mass is 32.1. The second-order valence-corrected chi connectivity index (χ2v) is 12.4. The van der Waals surface area contributed by atoms with Gasteiger partial charge in [0.05, 0.1) is 20.6 Å². The summed E-state index contributed by atoms with van der Waals surface area (Å²) < 4.78 is 132. The molecule has 50 heavy (non-hydrogen) atoms. The predicted octanol–water partition coefficient (Wildman–Crippen LogP) is 12.5. The van der Waals surface area contributed by atoms with Crippen LogP contribution in [0.15, 0.2) is 169 Å². The summed E-state index contributed by atoms with van der Waals surface area (Å²) in [5.74, 6) is -1.47. The third-order valence-electron chi connectivity index (χ3n) is 8.15. The van der Waals surface area contributed by atoms with Gasteiger partial charge >= 0.3 is 0 Å². The molecule has 4 heteroatoms. The van der Waals surface area contributed by atoms with E-state index in [4.69, 9.17) is 17.8 Å². The van der Waals surface area contributed by atoms with Crippen molar-refractivity contribution in [2.75, 3.05) is 0 Å². The number of benzene rings is 7. The Morgan fingerprint density at radius 1 is 0.420 bits per heavy atom. The molecular formula is C46H31N3S. The normalized spacial score (nSPS) is 15.5. The quantitative estimate of drug-likeness (QED) is 0.176. The van der Waals surface area contributed by atoms with Crippen molar-refractivity contribution < 1.29 is 20.6 Å². The van der Waals surface area contributed by atoms with Crippen LogP contribution in [0.25, 0.3) is 87.7 Å². The molecular weight excluding hydrogens is 627 g/mol. The van der Waals surface area contributed by atoms with Crippen molar-refractivity contribution in [2.45, 2.75) is 6.92 Å². The molecule has 0 saturated carbocycles. The summed E-state index contributed by atoms with van der Waals surface area (Å²) >= 11 is 0.970. The first-order valence-corrected chi connectivity index (χ1v) is 16.4. The van der Waals surface area contributed by atoms with E-state index in [1.165, 1.54) is 6.92 Å². The van der Waals surface area contributed by atoms with Crippen molar-refractivity contribution in [3.05, 3.63) is 175 Å². The van der Waals surface area contributed by atoms with Crippen molar-refractivity contribution in [3.63, 3.8) is 0 Å². The number of thiophene rings is 1. The van der Waals surface area contributed by atoms with Gasteiger partial charge in [-0.3, -0.25) is 0 Å². The van der Waals surface area contributed by atoms with Crippen molar-refractivity contribution in [2.24, 2.45) is 0 Å². The molecule has 0 fully saturated rings. The van der Waals surface area contributed by atoms with Crippen molar-refractivity contribution in [3.8, 4) is 67.5 Å². The molecule has 236 valence electrons. The number of nitrogens with zero attached hydrogens (tertiary/aromatic N) is 3. The number of aromatic nitrogens is 3. The van der Waals surface area contributed by atoms with E-state index in [9.17, 15) is 2.74 Å². The number of hydrogen-bond donors (Lipinski definition) is 0. The maximum atomic E-state index is 9.28. The Morgan fingerprint density at radius 3 is 1.66 bits per heavy atom. The second kappa shape index (κ2) is 12.7. The van der Waals surface area contributed by atoms with Crippen LogP contribution >= 0.6 is 11.3 Å². The lowest BCUT2D eigenvalue weighted by molar-refractivity contribution is 1.08. The van der Waals surface area contributed by atoms with E-state index in [-0.39, 0.29) is 38.2 Å². The number of fused-ring (bicyclic) bond motifs is 3. The fourth-order valence-corrected chi connectivity index (χ4v) is 6.94. The Bertz CT molecular complexity index is 3360. The van der Waals surface area contributed by atoms with Gasteiger partial charge in [0.25, 0.3) is 0 Å². The van der Waals surface area contributed by atoms with E-state index in [0.29, 0.717) is 10.3 Å². The van der Waals surface area contributed by atoms with Gasteiger partial charge in [-0.2, -0.15) is 0 Å². The van der Waals surface area contributed by atoms with Gasteiger partial charge in [0.15, 0.2) is 17.5 Å². The number of hydrogen-bond acceptors (Lipinski definition) is 4. The van der Waals surface area contributed by atoms with Crippen LogP contribution in [0.5, 0.6) is 0 Å². The molecule has 0 spiro atoms. The Kier molecular flexibility index (Phi) is 4.55. The maximum Gasteiger partial charge on any atom is 0.165 e. The van der Waals surface area contributed by atoms with Crippen molar-refractivity contribution in [1.29, 1.82) is 0 Å². The minimum Gasteiger partial charge on any atom is -0.208 e. The van der Waals surface area contributed by atoms with Gasteiger partial charge in [-0.25, -0.2) is 15.0 Å². The summed E-state index contributed by atoms with van der Waals surface area (Å²) in [6.07, 6.45) is 0. The first-order valence-electron chi connectivity index (χ1n) is 23.1. The SMILES string of the molecule is [2H]c1c([2H])c([2H])c(-c2nc(-c3c([2H])c([2H])c(C)c([2H])c3[2H])nc(-c3c([2H])c([2H])c([2H])c4c3sc3c(-c5cccc(-c6ccc(-c7ccccc7)cc6)c5)c([2H])c([2H])c([2H])c34)n2)c([2H])c1[2H]. The van der Waals surface area contributed by atoms with Crippen LogP contribution in [0, 0.1) is 6.92 Å². The molecule has 0 atom stereocenters. The highest BCUT2D eigenvalue weighted by Crippen LogP contribution is 2.44. The standard InChI is InChI=1S/C46H31N3S/c1-30-21-23-35(24-22-30)45-47-44(34-13-6-3-7-14-34)48-46(49-45)41-20-10-19-40-39-18-9-17-38(42(39)50-43(40)41)37-16-8-15-36(29-37)33-27-25-32(26-28-33)31-11-4-2-5-12-31/h2-29H,1H3/i3D,6D,7D,9D,10D,13D,14D,17D,18D,19D,20D,21D,22D,23D,24D. The smallest absolute Gasteiger partial charge is 0.165 e. The average Bonchev–Trinajstić information content (AvgIpc) is 3.70. The van der Waals surface area contributed by atoms with E-state index in [2.05, 4.69) is 15.0 Å². The zero-order valence-electron chi connectivity index (χ0n) is 41.3. The molecule has 0 aliphatic rings. The van der Waals surface area contributed by atoms with E-state index in [0.717, 1.165) is 33.6 Å². The van der Waals surface area contributed by atoms with E-state index in [1.807, 2.05) is 66.7 Å². The van der Waals surface area contributed by atoms with Crippen LogP contribution in [0.3, 0.4) is 0 Å². The lowest BCUT2D eigenvalue weighted by atomic mass is 9.96. The summed E-state index contributed by atoms with van der Waals surface area (Å²) in [6, 6.07) is 17.0. The monoisotopic (exact) mass is 672 g/mol. The summed E-state index contributed by atoms with van der Waals surface area (Å²) in [4.78, 5) is 13.5.